The van der Waals surface area contributed by atoms with Gasteiger partial charge in [-0.05, 0) is 38.2 Å². The van der Waals surface area contributed by atoms with E-state index in [1.807, 2.05) is 31.2 Å². The molecule has 2 heterocycles. The molecule has 1 aromatic carbocycles. The van der Waals surface area contributed by atoms with Crippen LogP contribution in [0.25, 0.3) is 11.0 Å². The second-order valence-corrected chi connectivity index (χ2v) is 5.39. The van der Waals surface area contributed by atoms with Crippen molar-refractivity contribution < 1.29 is 5.11 Å². The highest BCUT2D eigenvalue weighted by Gasteiger charge is 2.15. The molecule has 0 aliphatic rings. The fourth-order valence-electron chi connectivity index (χ4n) is 2.41. The van der Waals surface area contributed by atoms with E-state index in [1.54, 1.807) is 6.92 Å². The summed E-state index contributed by atoms with van der Waals surface area (Å²) in [6.07, 6.45) is 0. The summed E-state index contributed by atoms with van der Waals surface area (Å²) < 4.78 is 3.06. The number of aromatic amines is 1. The molecule has 3 aromatic rings. The summed E-state index contributed by atoms with van der Waals surface area (Å²) in [6, 6.07) is 7.44. The Morgan fingerprint density at radius 1 is 1.21 bits per heavy atom. The van der Waals surface area contributed by atoms with E-state index in [9.17, 15) is 9.90 Å². The number of nitrogens with one attached hydrogen (secondary N) is 1. The Kier molecular flexibility index (Phi) is 4.26. The summed E-state index contributed by atoms with van der Waals surface area (Å²) in [6.45, 7) is 4.41. The number of hydrogen-bond donors (Lipinski definition) is 2. The molecule has 3 rings (SSSR count). The summed E-state index contributed by atoms with van der Waals surface area (Å²) in [5, 5.41) is 18.2. The van der Waals surface area contributed by atoms with Gasteiger partial charge in [0.15, 0.2) is 4.77 Å². The molecule has 0 aliphatic carbocycles. The smallest absolute Gasteiger partial charge is 0.286 e. The van der Waals surface area contributed by atoms with Crippen LogP contribution >= 0.6 is 12.2 Å². The molecule has 24 heavy (non-hydrogen) atoms. The third-order valence-electron chi connectivity index (χ3n) is 3.63. The highest BCUT2D eigenvalue weighted by Crippen LogP contribution is 2.25. The Balaban J connectivity index is 2.12. The van der Waals surface area contributed by atoms with Crippen molar-refractivity contribution >= 4 is 34.9 Å². The van der Waals surface area contributed by atoms with Gasteiger partial charge in [0, 0.05) is 13.1 Å². The maximum absolute atomic E-state index is 12.4. The number of para-hydroxylation sites is 2. The number of azo groups is 1. The number of fused-ring (bicyclic) bond motifs is 1. The second kappa shape index (κ2) is 6.36. The molecular formula is C15H16N6O2S. The lowest BCUT2D eigenvalue weighted by atomic mass is 10.3. The van der Waals surface area contributed by atoms with Crippen LogP contribution < -0.4 is 5.56 Å². The van der Waals surface area contributed by atoms with Crippen molar-refractivity contribution in [2.75, 3.05) is 0 Å². The molecule has 0 fully saturated rings. The summed E-state index contributed by atoms with van der Waals surface area (Å²) in [5.74, 6) is -0.0411. The Morgan fingerprint density at radius 2 is 1.92 bits per heavy atom. The molecule has 0 bridgehead atoms. The molecule has 9 heteroatoms. The molecule has 0 atom stereocenters. The topological polar surface area (TPSA) is 101 Å². The molecule has 0 unspecified atom stereocenters. The van der Waals surface area contributed by atoms with Crippen LogP contribution in [0.4, 0.5) is 11.6 Å². The molecular weight excluding hydrogens is 328 g/mol. The fourth-order valence-corrected chi connectivity index (χ4v) is 2.84. The van der Waals surface area contributed by atoms with Crippen molar-refractivity contribution in [3.8, 4) is 5.88 Å². The van der Waals surface area contributed by atoms with E-state index in [4.69, 9.17) is 12.2 Å². The average Bonchev–Trinajstić information content (AvgIpc) is 2.98. The Bertz CT molecular complexity index is 1010. The monoisotopic (exact) mass is 344 g/mol. The molecule has 0 saturated heterocycles. The van der Waals surface area contributed by atoms with E-state index < -0.39 is 5.56 Å². The van der Waals surface area contributed by atoms with E-state index in [1.165, 1.54) is 9.13 Å². The number of benzene rings is 1. The maximum atomic E-state index is 12.4. The predicted molar refractivity (Wildman–Crippen MR) is 92.8 cm³/mol. The number of nitrogens with zero attached hydrogens (tertiary/aromatic N) is 5. The van der Waals surface area contributed by atoms with Crippen LogP contribution in [0.2, 0.25) is 0 Å². The molecule has 2 aromatic heterocycles. The first-order valence-electron chi connectivity index (χ1n) is 7.49. The molecule has 0 radical (unpaired) electrons. The Labute approximate surface area is 142 Å². The standard InChI is InChI=1S/C15H16N6O2S/c1-3-20-12(22)11(13(23)21(4-2)15(20)24)18-19-14-16-9-7-5-6-8-10(9)17-14/h5-8,22H,3-4H2,1-2H3,(H,16,17)/b19-18+. The van der Waals surface area contributed by atoms with Gasteiger partial charge in [0.25, 0.3) is 5.56 Å². The van der Waals surface area contributed by atoms with Crippen LogP contribution in [0.3, 0.4) is 0 Å². The predicted octanol–water partition coefficient (Wildman–Crippen LogP) is 3.42. The van der Waals surface area contributed by atoms with Crippen molar-refractivity contribution in [2.45, 2.75) is 26.9 Å². The van der Waals surface area contributed by atoms with Gasteiger partial charge in [0.2, 0.25) is 17.5 Å². The van der Waals surface area contributed by atoms with Crippen molar-refractivity contribution in [1.29, 1.82) is 0 Å². The van der Waals surface area contributed by atoms with Crippen molar-refractivity contribution in [2.24, 2.45) is 10.2 Å². The first-order valence-corrected chi connectivity index (χ1v) is 7.90. The number of H-pyrrole nitrogens is 1. The molecule has 8 nitrogen and oxygen atoms in total. The van der Waals surface area contributed by atoms with Crippen LogP contribution in [0.5, 0.6) is 5.88 Å². The van der Waals surface area contributed by atoms with Gasteiger partial charge in [0.1, 0.15) is 0 Å². The lowest BCUT2D eigenvalue weighted by Crippen LogP contribution is -2.24. The van der Waals surface area contributed by atoms with Gasteiger partial charge in [0.05, 0.1) is 11.0 Å². The lowest BCUT2D eigenvalue weighted by molar-refractivity contribution is 0.402. The van der Waals surface area contributed by atoms with E-state index in [-0.39, 0.29) is 22.3 Å². The summed E-state index contributed by atoms with van der Waals surface area (Å²) in [4.78, 5) is 19.7. The van der Waals surface area contributed by atoms with E-state index in [0.717, 1.165) is 11.0 Å². The molecule has 124 valence electrons. The first-order chi connectivity index (χ1) is 11.6. The average molecular weight is 344 g/mol. The zero-order chi connectivity index (χ0) is 17.3. The Hall–Kier alpha value is -2.81. The summed E-state index contributed by atoms with van der Waals surface area (Å²) >= 11 is 5.22. The Morgan fingerprint density at radius 3 is 2.58 bits per heavy atom. The highest BCUT2D eigenvalue weighted by atomic mass is 32.1. The number of aromatic hydroxyl groups is 1. The maximum Gasteiger partial charge on any atom is 0.286 e. The van der Waals surface area contributed by atoms with Crippen LogP contribution in [-0.4, -0.2) is 24.2 Å². The molecule has 0 saturated carbocycles. The van der Waals surface area contributed by atoms with Crippen molar-refractivity contribution in [3.63, 3.8) is 0 Å². The van der Waals surface area contributed by atoms with Crippen LogP contribution in [0.15, 0.2) is 39.3 Å². The second-order valence-electron chi connectivity index (χ2n) is 5.03. The largest absolute Gasteiger partial charge is 0.493 e. The van der Waals surface area contributed by atoms with Gasteiger partial charge in [-0.1, -0.05) is 12.1 Å². The van der Waals surface area contributed by atoms with Crippen molar-refractivity contribution in [1.82, 2.24) is 19.1 Å². The van der Waals surface area contributed by atoms with E-state index >= 15 is 0 Å². The lowest BCUT2D eigenvalue weighted by Gasteiger charge is -2.12. The summed E-state index contributed by atoms with van der Waals surface area (Å²) in [7, 11) is 0. The summed E-state index contributed by atoms with van der Waals surface area (Å²) in [5.41, 5.74) is 0.912. The minimum absolute atomic E-state index is 0.159. The number of rotatable bonds is 4. The van der Waals surface area contributed by atoms with Crippen LogP contribution in [-0.2, 0) is 13.1 Å². The van der Waals surface area contributed by atoms with Gasteiger partial charge in [-0.3, -0.25) is 13.9 Å². The van der Waals surface area contributed by atoms with E-state index in [0.29, 0.717) is 13.1 Å². The zero-order valence-electron chi connectivity index (χ0n) is 13.2. The third kappa shape index (κ3) is 2.62. The highest BCUT2D eigenvalue weighted by molar-refractivity contribution is 7.71. The van der Waals surface area contributed by atoms with Crippen LogP contribution in [0, 0.1) is 4.77 Å². The van der Waals surface area contributed by atoms with Crippen LogP contribution in [0.1, 0.15) is 13.8 Å². The quantitative estimate of drug-likeness (QED) is 0.559. The molecule has 0 spiro atoms. The van der Waals surface area contributed by atoms with Gasteiger partial charge in [-0.15, -0.1) is 10.2 Å². The van der Waals surface area contributed by atoms with Gasteiger partial charge in [-0.25, -0.2) is 4.98 Å². The van der Waals surface area contributed by atoms with E-state index in [2.05, 4.69) is 20.2 Å². The molecule has 0 aliphatic heterocycles. The SMILES string of the molecule is CCn1c(O)c(/N=N/c2nc3ccccc3[nH]2)c(=O)n(CC)c1=S. The minimum Gasteiger partial charge on any atom is -0.493 e. The molecule has 0 amide bonds. The first kappa shape index (κ1) is 16.1. The number of hydrogen-bond acceptors (Lipinski definition) is 6. The van der Waals surface area contributed by atoms with Gasteiger partial charge in [-0.2, -0.15) is 0 Å². The number of aromatic nitrogens is 4. The third-order valence-corrected chi connectivity index (χ3v) is 4.07. The molecule has 2 N–H and O–H groups in total. The normalized spacial score (nSPS) is 11.6. The minimum atomic E-state index is -0.482. The number of imidazole rings is 1. The zero-order valence-corrected chi connectivity index (χ0v) is 14.0. The van der Waals surface area contributed by atoms with Gasteiger partial charge < -0.3 is 10.1 Å². The van der Waals surface area contributed by atoms with Crippen molar-refractivity contribution in [3.05, 3.63) is 39.4 Å². The van der Waals surface area contributed by atoms with Gasteiger partial charge >= 0.3 is 0 Å². The fraction of sp³-hybridized carbons (Fsp3) is 0.267.